The number of carbonyl (C=O) groups is 1. The summed E-state index contributed by atoms with van der Waals surface area (Å²) in [6.07, 6.45) is 10.5. The fourth-order valence-electron chi connectivity index (χ4n) is 2.51. The topological polar surface area (TPSA) is 53.9 Å². The van der Waals surface area contributed by atoms with E-state index in [1.807, 2.05) is 36.4 Å². The highest BCUT2D eigenvalue weighted by Crippen LogP contribution is 2.26. The summed E-state index contributed by atoms with van der Waals surface area (Å²) in [6, 6.07) is 7.08. The van der Waals surface area contributed by atoms with Gasteiger partial charge in [0.1, 0.15) is 5.75 Å². The zero-order valence-corrected chi connectivity index (χ0v) is 16.8. The Morgan fingerprint density at radius 2 is 2.26 bits per heavy atom. The number of aliphatic imine (C=N–C) groups is 1. The highest BCUT2D eigenvalue weighted by Gasteiger charge is 2.25. The molecule has 0 saturated carbocycles. The molecular weight excluding hydrogens is 358 g/mol. The Balaban J connectivity index is 2.35. The quantitative estimate of drug-likeness (QED) is 0.635. The smallest absolute Gasteiger partial charge is 0.332 e. The maximum Gasteiger partial charge on any atom is 0.332 e. The molecule has 0 radical (unpaired) electrons. The molecule has 1 aliphatic rings. The highest BCUT2D eigenvalue weighted by atomic mass is 32.2. The molecule has 0 aromatic heterocycles. The van der Waals surface area contributed by atoms with Crippen molar-refractivity contribution < 1.29 is 9.53 Å². The van der Waals surface area contributed by atoms with Gasteiger partial charge in [0.15, 0.2) is 5.17 Å². The molecule has 144 valence electrons. The molecule has 27 heavy (non-hydrogen) atoms. The van der Waals surface area contributed by atoms with Gasteiger partial charge < -0.3 is 10.1 Å². The van der Waals surface area contributed by atoms with Crippen molar-refractivity contribution >= 4 is 28.6 Å². The molecule has 0 atom stereocenters. The maximum atomic E-state index is 13.2. The number of hydrogen-bond donors (Lipinski definition) is 1. The average molecular weight is 386 g/mol. The minimum Gasteiger partial charge on any atom is -0.495 e. The van der Waals surface area contributed by atoms with Crippen LogP contribution >= 0.6 is 11.8 Å². The van der Waals surface area contributed by atoms with Gasteiger partial charge in [-0.3, -0.25) is 4.99 Å². The zero-order valence-electron chi connectivity index (χ0n) is 16.0. The summed E-state index contributed by atoms with van der Waals surface area (Å²) >= 11 is 1.59. The largest absolute Gasteiger partial charge is 0.495 e. The Kier molecular flexibility index (Phi) is 8.71. The number of para-hydroxylation sites is 2. The standard InChI is InChI=1S/C21H27N3O2S/c1-4-6-7-12-17(11-5-2)24(21-22-15-10-16-27-21)20(25)23-18-13-8-9-14-19(18)26-3/h5,7-9,11-14H,2,4,6,10,15-16H2,1,3H3,(H,23,25)/b12-7-,17-11+. The lowest BCUT2D eigenvalue weighted by molar-refractivity contribution is 0.241. The first-order chi connectivity index (χ1) is 13.2. The Morgan fingerprint density at radius 3 is 2.93 bits per heavy atom. The van der Waals surface area contributed by atoms with Gasteiger partial charge in [-0.1, -0.05) is 56.0 Å². The third kappa shape index (κ3) is 6.03. The number of hydrogen-bond acceptors (Lipinski definition) is 4. The van der Waals surface area contributed by atoms with Gasteiger partial charge in [-0.15, -0.1) is 0 Å². The van der Waals surface area contributed by atoms with Gasteiger partial charge in [0.05, 0.1) is 18.5 Å². The lowest BCUT2D eigenvalue weighted by Crippen LogP contribution is -2.38. The van der Waals surface area contributed by atoms with Crippen LogP contribution in [0.1, 0.15) is 26.2 Å². The van der Waals surface area contributed by atoms with E-state index in [4.69, 9.17) is 4.74 Å². The first kappa shape index (κ1) is 20.8. The fourth-order valence-corrected chi connectivity index (χ4v) is 3.47. The predicted molar refractivity (Wildman–Crippen MR) is 116 cm³/mol. The second-order valence-electron chi connectivity index (χ2n) is 5.85. The van der Waals surface area contributed by atoms with Crippen LogP contribution in [-0.4, -0.2) is 35.5 Å². The summed E-state index contributed by atoms with van der Waals surface area (Å²) in [4.78, 5) is 19.4. The van der Waals surface area contributed by atoms with E-state index in [1.54, 1.807) is 29.8 Å². The molecule has 6 heteroatoms. The van der Waals surface area contributed by atoms with Crippen molar-refractivity contribution in [3.63, 3.8) is 0 Å². The van der Waals surface area contributed by atoms with Gasteiger partial charge in [-0.2, -0.15) is 0 Å². The molecule has 1 aromatic carbocycles. The number of unbranched alkanes of at least 4 members (excludes halogenated alkanes) is 1. The Morgan fingerprint density at radius 1 is 1.44 bits per heavy atom. The predicted octanol–water partition coefficient (Wildman–Crippen LogP) is 5.45. The van der Waals surface area contributed by atoms with Crippen LogP contribution < -0.4 is 10.1 Å². The molecule has 1 heterocycles. The molecule has 1 aliphatic heterocycles. The van der Waals surface area contributed by atoms with Crippen molar-refractivity contribution in [3.8, 4) is 5.75 Å². The van der Waals surface area contributed by atoms with Crippen molar-refractivity contribution in [1.82, 2.24) is 4.90 Å². The average Bonchev–Trinajstić information content (AvgIpc) is 2.69. The number of rotatable bonds is 7. The SMILES string of the molecule is C=C/C=C(\C=C/CCC)N(C(=O)Nc1ccccc1OC)C1=NCCCS1. The molecule has 0 bridgehead atoms. The van der Waals surface area contributed by atoms with Gasteiger partial charge in [0.2, 0.25) is 0 Å². The van der Waals surface area contributed by atoms with E-state index < -0.39 is 0 Å². The number of amidine groups is 1. The number of benzene rings is 1. The number of ether oxygens (including phenoxy) is 1. The number of amides is 2. The number of anilines is 1. The van der Waals surface area contributed by atoms with Crippen LogP contribution in [0.5, 0.6) is 5.75 Å². The van der Waals surface area contributed by atoms with Gasteiger partial charge in [0, 0.05) is 12.3 Å². The van der Waals surface area contributed by atoms with Gasteiger partial charge in [-0.05, 0) is 37.1 Å². The van der Waals surface area contributed by atoms with E-state index in [1.165, 1.54) is 0 Å². The van der Waals surface area contributed by atoms with E-state index in [0.29, 0.717) is 16.6 Å². The van der Waals surface area contributed by atoms with Gasteiger partial charge >= 0.3 is 6.03 Å². The van der Waals surface area contributed by atoms with Gasteiger partial charge in [-0.25, -0.2) is 9.69 Å². The number of methoxy groups -OCH3 is 1. The lowest BCUT2D eigenvalue weighted by Gasteiger charge is -2.27. The van der Waals surface area contributed by atoms with E-state index in [2.05, 4.69) is 29.9 Å². The van der Waals surface area contributed by atoms with Crippen molar-refractivity contribution in [2.24, 2.45) is 4.99 Å². The number of allylic oxidation sites excluding steroid dienone is 4. The minimum atomic E-state index is -0.276. The fraction of sp³-hybridized carbons (Fsp3) is 0.333. The number of thioether (sulfide) groups is 1. The Labute approximate surface area is 165 Å². The minimum absolute atomic E-state index is 0.276. The monoisotopic (exact) mass is 385 g/mol. The Hall–Kier alpha value is -2.47. The van der Waals surface area contributed by atoms with Crippen LogP contribution in [0, 0.1) is 0 Å². The van der Waals surface area contributed by atoms with Crippen LogP contribution in [0.25, 0.3) is 0 Å². The molecule has 0 saturated heterocycles. The third-order valence-electron chi connectivity index (χ3n) is 3.81. The summed E-state index contributed by atoms with van der Waals surface area (Å²) in [5.74, 6) is 1.55. The summed E-state index contributed by atoms with van der Waals surface area (Å²) in [5.41, 5.74) is 1.35. The second kappa shape index (κ2) is 11.3. The first-order valence-electron chi connectivity index (χ1n) is 9.11. The van der Waals surface area contributed by atoms with Crippen molar-refractivity contribution in [3.05, 3.63) is 60.8 Å². The number of urea groups is 1. The lowest BCUT2D eigenvalue weighted by atomic mass is 10.2. The van der Waals surface area contributed by atoms with Crippen molar-refractivity contribution in [2.45, 2.75) is 26.2 Å². The molecule has 1 aromatic rings. The van der Waals surface area contributed by atoms with Crippen molar-refractivity contribution in [2.75, 3.05) is 24.7 Å². The third-order valence-corrected chi connectivity index (χ3v) is 4.88. The van der Waals surface area contributed by atoms with Crippen LogP contribution in [-0.2, 0) is 0 Å². The Bertz CT molecular complexity index is 741. The zero-order chi connectivity index (χ0) is 19.5. The molecule has 2 amide bonds. The molecule has 1 N–H and O–H groups in total. The summed E-state index contributed by atoms with van der Waals surface area (Å²) in [7, 11) is 1.58. The molecule has 0 aliphatic carbocycles. The normalized spacial score (nSPS) is 14.6. The van der Waals surface area contributed by atoms with Crippen LogP contribution in [0.3, 0.4) is 0 Å². The second-order valence-corrected chi connectivity index (χ2v) is 6.91. The van der Waals surface area contributed by atoms with Crippen LogP contribution in [0.15, 0.2) is 65.8 Å². The summed E-state index contributed by atoms with van der Waals surface area (Å²) in [5, 5.41) is 3.64. The summed E-state index contributed by atoms with van der Waals surface area (Å²) < 4.78 is 5.35. The van der Waals surface area contributed by atoms with E-state index in [0.717, 1.165) is 37.3 Å². The number of nitrogens with zero attached hydrogens (tertiary/aromatic N) is 2. The highest BCUT2D eigenvalue weighted by molar-refractivity contribution is 8.13. The molecule has 0 unspecified atom stereocenters. The molecule has 0 spiro atoms. The molecule has 5 nitrogen and oxygen atoms in total. The van der Waals surface area contributed by atoms with Crippen molar-refractivity contribution in [1.29, 1.82) is 0 Å². The van der Waals surface area contributed by atoms with Gasteiger partial charge in [0.25, 0.3) is 0 Å². The van der Waals surface area contributed by atoms with Crippen LogP contribution in [0.4, 0.5) is 10.5 Å². The maximum absolute atomic E-state index is 13.2. The molecule has 2 rings (SSSR count). The number of nitrogens with one attached hydrogen (secondary N) is 1. The molecular formula is C21H27N3O2S. The van der Waals surface area contributed by atoms with E-state index in [-0.39, 0.29) is 6.03 Å². The first-order valence-corrected chi connectivity index (χ1v) is 10.1. The molecule has 0 fully saturated rings. The van der Waals surface area contributed by atoms with Crippen LogP contribution in [0.2, 0.25) is 0 Å². The number of carbonyl (C=O) groups excluding carboxylic acids is 1. The van der Waals surface area contributed by atoms with E-state index in [9.17, 15) is 4.79 Å². The summed E-state index contributed by atoms with van der Waals surface area (Å²) in [6.45, 7) is 6.63. The van der Waals surface area contributed by atoms with E-state index >= 15 is 0 Å².